The Morgan fingerprint density at radius 1 is 1.41 bits per heavy atom. The maximum atomic E-state index is 9.13. The van der Waals surface area contributed by atoms with Crippen molar-refractivity contribution in [2.75, 3.05) is 32.8 Å². The van der Waals surface area contributed by atoms with Gasteiger partial charge in [0, 0.05) is 38.7 Å². The molecule has 2 N–H and O–H groups in total. The van der Waals surface area contributed by atoms with Gasteiger partial charge in [-0.2, -0.15) is 0 Å². The van der Waals surface area contributed by atoms with Gasteiger partial charge >= 0.3 is 0 Å². The van der Waals surface area contributed by atoms with Crippen molar-refractivity contribution >= 4 is 29.9 Å². The topological polar surface area (TPSA) is 47.9 Å². The van der Waals surface area contributed by atoms with E-state index in [4.69, 9.17) is 5.11 Å². The molecule has 1 aromatic carbocycles. The van der Waals surface area contributed by atoms with Crippen LogP contribution in [0.3, 0.4) is 0 Å². The molecule has 0 spiro atoms. The monoisotopic (exact) mass is 417 g/mol. The number of nitrogens with zero attached hydrogens (tertiary/aromatic N) is 2. The summed E-state index contributed by atoms with van der Waals surface area (Å²) in [7, 11) is 0. The van der Waals surface area contributed by atoms with Crippen LogP contribution in [-0.2, 0) is 0 Å². The molecular weight excluding hydrogens is 389 g/mol. The van der Waals surface area contributed by atoms with Gasteiger partial charge in [0.05, 0.1) is 0 Å². The van der Waals surface area contributed by atoms with Crippen LogP contribution in [0.25, 0.3) is 0 Å². The smallest absolute Gasteiger partial charge is 0.193 e. The lowest BCUT2D eigenvalue weighted by molar-refractivity contribution is 0.241. The molecule has 1 aliphatic rings. The van der Waals surface area contributed by atoms with Crippen molar-refractivity contribution in [3.8, 4) is 0 Å². The number of nitrogens with one attached hydrogen (secondary N) is 1. The summed E-state index contributed by atoms with van der Waals surface area (Å²) in [5.74, 6) is 1.78. The summed E-state index contributed by atoms with van der Waals surface area (Å²) in [4.78, 5) is 7.00. The number of guanidine groups is 1. The van der Waals surface area contributed by atoms with Gasteiger partial charge in [-0.25, -0.2) is 0 Å². The Balaban J connectivity index is 0.00000242. The Hall–Kier alpha value is -0.820. The van der Waals surface area contributed by atoms with Gasteiger partial charge in [-0.1, -0.05) is 37.3 Å². The van der Waals surface area contributed by atoms with Crippen molar-refractivity contribution in [1.82, 2.24) is 10.2 Å². The van der Waals surface area contributed by atoms with Crippen LogP contribution < -0.4 is 5.32 Å². The number of hydrogen-bond acceptors (Lipinski definition) is 2. The molecule has 124 valence electrons. The van der Waals surface area contributed by atoms with E-state index in [0.717, 1.165) is 25.6 Å². The number of hydrogen-bond donors (Lipinski definition) is 2. The van der Waals surface area contributed by atoms with E-state index in [1.54, 1.807) is 0 Å². The molecule has 0 bridgehead atoms. The molecule has 1 heterocycles. The van der Waals surface area contributed by atoms with Gasteiger partial charge in [-0.05, 0) is 24.8 Å². The molecule has 2 rings (SSSR count). The van der Waals surface area contributed by atoms with Crippen molar-refractivity contribution in [1.29, 1.82) is 0 Å². The molecule has 0 saturated carbocycles. The molecule has 0 amide bonds. The maximum Gasteiger partial charge on any atom is 0.193 e. The Morgan fingerprint density at radius 3 is 2.77 bits per heavy atom. The summed E-state index contributed by atoms with van der Waals surface area (Å²) in [5, 5.41) is 12.5. The minimum atomic E-state index is 0. The standard InChI is InChI=1S/C17H27N3O.HI/c1-3-18-17(19-11-14(2)13-21)20-10-9-16(12-20)15-7-5-4-6-8-15;/h4-8,14,16,21H,3,9-13H2,1-2H3,(H,18,19);1H. The van der Waals surface area contributed by atoms with Crippen LogP contribution in [0.15, 0.2) is 35.3 Å². The number of aliphatic hydroxyl groups excluding tert-OH is 1. The van der Waals surface area contributed by atoms with E-state index in [0.29, 0.717) is 12.5 Å². The first kappa shape index (κ1) is 19.2. The molecule has 0 aliphatic carbocycles. The van der Waals surface area contributed by atoms with Gasteiger partial charge in [-0.3, -0.25) is 4.99 Å². The molecule has 2 atom stereocenters. The Morgan fingerprint density at radius 2 is 2.14 bits per heavy atom. The highest BCUT2D eigenvalue weighted by Crippen LogP contribution is 2.26. The predicted molar refractivity (Wildman–Crippen MR) is 103 cm³/mol. The normalized spacial score (nSPS) is 19.7. The zero-order valence-electron chi connectivity index (χ0n) is 13.5. The van der Waals surface area contributed by atoms with Crippen molar-refractivity contribution < 1.29 is 5.11 Å². The summed E-state index contributed by atoms with van der Waals surface area (Å²) in [6.45, 7) is 7.90. The first-order chi connectivity index (χ1) is 10.2. The lowest BCUT2D eigenvalue weighted by Gasteiger charge is -2.22. The minimum absolute atomic E-state index is 0. The Kier molecular flexibility index (Phi) is 8.78. The van der Waals surface area contributed by atoms with Gasteiger partial charge in [0.25, 0.3) is 0 Å². The zero-order chi connectivity index (χ0) is 15.1. The fourth-order valence-corrected chi connectivity index (χ4v) is 2.68. The Bertz CT molecular complexity index is 452. The third-order valence-electron chi connectivity index (χ3n) is 3.96. The summed E-state index contributed by atoms with van der Waals surface area (Å²) < 4.78 is 0. The third kappa shape index (κ3) is 5.43. The number of benzene rings is 1. The fourth-order valence-electron chi connectivity index (χ4n) is 2.68. The number of aliphatic imine (C=N–C) groups is 1. The van der Waals surface area contributed by atoms with Crippen molar-refractivity contribution in [2.24, 2.45) is 10.9 Å². The van der Waals surface area contributed by atoms with Gasteiger partial charge < -0.3 is 15.3 Å². The number of rotatable bonds is 5. The van der Waals surface area contributed by atoms with E-state index in [-0.39, 0.29) is 36.5 Å². The highest BCUT2D eigenvalue weighted by Gasteiger charge is 2.25. The quantitative estimate of drug-likeness (QED) is 0.440. The molecule has 0 radical (unpaired) electrons. The predicted octanol–water partition coefficient (Wildman–Crippen LogP) is 2.69. The van der Waals surface area contributed by atoms with Crippen LogP contribution in [0, 0.1) is 5.92 Å². The second-order valence-electron chi connectivity index (χ2n) is 5.82. The van der Waals surface area contributed by atoms with Crippen LogP contribution in [0.1, 0.15) is 31.7 Å². The Labute approximate surface area is 151 Å². The van der Waals surface area contributed by atoms with Gasteiger partial charge in [0.2, 0.25) is 0 Å². The van der Waals surface area contributed by atoms with Crippen molar-refractivity contribution in [3.05, 3.63) is 35.9 Å². The molecule has 22 heavy (non-hydrogen) atoms. The summed E-state index contributed by atoms with van der Waals surface area (Å²) in [5.41, 5.74) is 1.42. The van der Waals surface area contributed by atoms with Crippen molar-refractivity contribution in [3.63, 3.8) is 0 Å². The van der Waals surface area contributed by atoms with E-state index in [1.807, 2.05) is 6.92 Å². The molecular formula is C17H28IN3O. The number of aliphatic hydroxyl groups is 1. The maximum absolute atomic E-state index is 9.13. The molecule has 1 aromatic rings. The average Bonchev–Trinajstić information content (AvgIpc) is 3.01. The van der Waals surface area contributed by atoms with Crippen LogP contribution >= 0.6 is 24.0 Å². The van der Waals surface area contributed by atoms with E-state index < -0.39 is 0 Å². The van der Waals surface area contributed by atoms with Crippen LogP contribution in [-0.4, -0.2) is 48.8 Å². The SMILES string of the molecule is CCNC(=NCC(C)CO)N1CCC(c2ccccc2)C1.I. The second kappa shape index (κ2) is 10.0. The van der Waals surface area contributed by atoms with Gasteiger partial charge in [0.1, 0.15) is 0 Å². The first-order valence-corrected chi connectivity index (χ1v) is 7.93. The summed E-state index contributed by atoms with van der Waals surface area (Å²) >= 11 is 0. The van der Waals surface area contributed by atoms with E-state index in [2.05, 4.69) is 52.5 Å². The molecule has 5 heteroatoms. The van der Waals surface area contributed by atoms with Crippen LogP contribution in [0.4, 0.5) is 0 Å². The molecule has 1 fully saturated rings. The van der Waals surface area contributed by atoms with E-state index >= 15 is 0 Å². The molecule has 1 saturated heterocycles. The van der Waals surface area contributed by atoms with Gasteiger partial charge in [-0.15, -0.1) is 24.0 Å². The van der Waals surface area contributed by atoms with Gasteiger partial charge in [0.15, 0.2) is 5.96 Å². The average molecular weight is 417 g/mol. The van der Waals surface area contributed by atoms with Crippen molar-refractivity contribution in [2.45, 2.75) is 26.2 Å². The fraction of sp³-hybridized carbons (Fsp3) is 0.588. The second-order valence-corrected chi connectivity index (χ2v) is 5.82. The third-order valence-corrected chi connectivity index (χ3v) is 3.96. The summed E-state index contributed by atoms with van der Waals surface area (Å²) in [6.07, 6.45) is 1.17. The van der Waals surface area contributed by atoms with E-state index in [9.17, 15) is 0 Å². The van der Waals surface area contributed by atoms with Crippen LogP contribution in [0.5, 0.6) is 0 Å². The minimum Gasteiger partial charge on any atom is -0.396 e. The summed E-state index contributed by atoms with van der Waals surface area (Å²) in [6, 6.07) is 10.7. The molecule has 1 aliphatic heterocycles. The largest absolute Gasteiger partial charge is 0.396 e. The molecule has 4 nitrogen and oxygen atoms in total. The highest BCUT2D eigenvalue weighted by molar-refractivity contribution is 14.0. The number of halogens is 1. The first-order valence-electron chi connectivity index (χ1n) is 7.93. The zero-order valence-corrected chi connectivity index (χ0v) is 15.9. The lowest BCUT2D eigenvalue weighted by Crippen LogP contribution is -2.40. The lowest BCUT2D eigenvalue weighted by atomic mass is 9.99. The molecule has 2 unspecified atom stereocenters. The van der Waals surface area contributed by atoms with Crippen LogP contribution in [0.2, 0.25) is 0 Å². The molecule has 0 aromatic heterocycles. The highest BCUT2D eigenvalue weighted by atomic mass is 127. The number of likely N-dealkylation sites (tertiary alicyclic amines) is 1. The van der Waals surface area contributed by atoms with E-state index in [1.165, 1.54) is 12.0 Å².